The van der Waals surface area contributed by atoms with E-state index in [2.05, 4.69) is 10.0 Å². The van der Waals surface area contributed by atoms with Gasteiger partial charge in [-0.3, -0.25) is 9.52 Å². The van der Waals surface area contributed by atoms with Gasteiger partial charge in [-0.2, -0.15) is 0 Å². The summed E-state index contributed by atoms with van der Waals surface area (Å²) in [7, 11) is 0.702. The molecule has 0 heterocycles. The van der Waals surface area contributed by atoms with Gasteiger partial charge in [0.2, 0.25) is 0 Å². The zero-order chi connectivity index (χ0) is 25.4. The number of nitrogens with one attached hydrogen (secondary N) is 2. The van der Waals surface area contributed by atoms with Crippen LogP contribution in [0.4, 0.5) is 5.69 Å². The molecule has 3 aromatic rings. The molecule has 0 aliphatic heterocycles. The average Bonchev–Trinajstić information content (AvgIpc) is 2.86. The van der Waals surface area contributed by atoms with Gasteiger partial charge in [-0.05, 0) is 60.2 Å². The molecule has 0 fully saturated rings. The van der Waals surface area contributed by atoms with Gasteiger partial charge >= 0.3 is 0 Å². The summed E-state index contributed by atoms with van der Waals surface area (Å²) in [5.74, 6) is 1.60. The highest BCUT2D eigenvalue weighted by Crippen LogP contribution is 2.29. The number of halogens is 1. The number of hydrogen-bond acceptors (Lipinski definition) is 7. The molecule has 0 spiro atoms. The van der Waals surface area contributed by atoms with E-state index >= 15 is 0 Å². The van der Waals surface area contributed by atoms with Crippen molar-refractivity contribution in [2.45, 2.75) is 11.4 Å². The molecule has 0 saturated carbocycles. The van der Waals surface area contributed by atoms with Gasteiger partial charge in [0.15, 0.2) is 18.1 Å². The summed E-state index contributed by atoms with van der Waals surface area (Å²) in [6.07, 6.45) is 0. The largest absolute Gasteiger partial charge is 0.495 e. The molecule has 3 rings (SSSR count). The molecule has 0 aromatic heterocycles. The Balaban J connectivity index is 1.53. The van der Waals surface area contributed by atoms with Crippen LogP contribution in [-0.4, -0.2) is 42.3 Å². The van der Waals surface area contributed by atoms with E-state index in [4.69, 9.17) is 30.5 Å². The Morgan fingerprint density at radius 2 is 1.51 bits per heavy atom. The topological polar surface area (TPSA) is 112 Å². The third-order valence-electron chi connectivity index (χ3n) is 4.85. The number of hydrogen-bond donors (Lipinski definition) is 2. The van der Waals surface area contributed by atoms with E-state index in [1.165, 1.54) is 44.6 Å². The molecule has 9 nitrogen and oxygen atoms in total. The highest BCUT2D eigenvalue weighted by Gasteiger charge is 2.15. The van der Waals surface area contributed by atoms with Crippen molar-refractivity contribution in [2.75, 3.05) is 32.7 Å². The zero-order valence-electron chi connectivity index (χ0n) is 19.3. The molecule has 1 amide bonds. The van der Waals surface area contributed by atoms with Crippen LogP contribution in [0, 0.1) is 0 Å². The summed E-state index contributed by atoms with van der Waals surface area (Å²) in [6, 6.07) is 15.6. The zero-order valence-corrected chi connectivity index (χ0v) is 20.9. The summed E-state index contributed by atoms with van der Waals surface area (Å²) in [6.45, 7) is 0.0444. The summed E-state index contributed by atoms with van der Waals surface area (Å²) >= 11 is 6.05. The average molecular weight is 521 g/mol. The fourth-order valence-electron chi connectivity index (χ4n) is 3.05. The van der Waals surface area contributed by atoms with E-state index in [-0.39, 0.29) is 29.0 Å². The van der Waals surface area contributed by atoms with Gasteiger partial charge in [-0.1, -0.05) is 17.7 Å². The smallest absolute Gasteiger partial charge is 0.261 e. The predicted molar refractivity (Wildman–Crippen MR) is 132 cm³/mol. The predicted octanol–water partition coefficient (Wildman–Crippen LogP) is 3.86. The lowest BCUT2D eigenvalue weighted by Crippen LogP contribution is -2.28. The third kappa shape index (κ3) is 6.93. The fourth-order valence-corrected chi connectivity index (χ4v) is 4.36. The van der Waals surface area contributed by atoms with Crippen molar-refractivity contribution in [1.29, 1.82) is 0 Å². The molecule has 186 valence electrons. The van der Waals surface area contributed by atoms with Gasteiger partial charge in [0.05, 0.1) is 36.9 Å². The second kappa shape index (κ2) is 11.7. The molecule has 0 radical (unpaired) electrons. The monoisotopic (exact) mass is 520 g/mol. The van der Waals surface area contributed by atoms with Crippen molar-refractivity contribution in [3.05, 3.63) is 71.2 Å². The number of amides is 1. The highest BCUT2D eigenvalue weighted by molar-refractivity contribution is 7.92. The van der Waals surface area contributed by atoms with Crippen molar-refractivity contribution in [3.63, 3.8) is 0 Å². The van der Waals surface area contributed by atoms with E-state index in [0.717, 1.165) is 5.56 Å². The lowest BCUT2D eigenvalue weighted by molar-refractivity contribution is -0.123. The van der Waals surface area contributed by atoms with Crippen molar-refractivity contribution in [1.82, 2.24) is 5.32 Å². The van der Waals surface area contributed by atoms with Gasteiger partial charge < -0.3 is 24.3 Å². The normalized spacial score (nSPS) is 10.9. The lowest BCUT2D eigenvalue weighted by Gasteiger charge is -2.12. The fraction of sp³-hybridized carbons (Fsp3) is 0.208. The molecule has 0 bridgehead atoms. The molecule has 0 aliphatic carbocycles. The van der Waals surface area contributed by atoms with E-state index in [1.54, 1.807) is 31.4 Å². The number of rotatable bonds is 11. The maximum atomic E-state index is 12.6. The van der Waals surface area contributed by atoms with Crippen molar-refractivity contribution < 1.29 is 32.2 Å². The van der Waals surface area contributed by atoms with Crippen molar-refractivity contribution in [3.8, 4) is 23.0 Å². The number of anilines is 1. The first-order valence-electron chi connectivity index (χ1n) is 10.3. The van der Waals surface area contributed by atoms with Crippen LogP contribution in [0.15, 0.2) is 65.6 Å². The second-order valence-corrected chi connectivity index (χ2v) is 9.27. The Morgan fingerprint density at radius 1 is 0.857 bits per heavy atom. The maximum absolute atomic E-state index is 12.6. The summed E-state index contributed by atoms with van der Waals surface area (Å²) < 4.78 is 48.7. The van der Waals surface area contributed by atoms with Crippen LogP contribution in [0.2, 0.25) is 5.02 Å². The Morgan fingerprint density at radius 3 is 2.14 bits per heavy atom. The standard InChI is InChI=1S/C24H25ClN2O7S/c1-31-21-11-5-17(13-20(21)25)27-35(29,30)19-8-6-18(7-9-19)34-15-24(28)26-14-16-4-10-22(32-2)23(12-16)33-3/h4-13,27H,14-15H2,1-3H3,(H,26,28). The minimum atomic E-state index is -3.85. The quantitative estimate of drug-likeness (QED) is 0.395. The maximum Gasteiger partial charge on any atom is 0.261 e. The van der Waals surface area contributed by atoms with E-state index < -0.39 is 10.0 Å². The van der Waals surface area contributed by atoms with Crippen molar-refractivity contribution >= 4 is 33.2 Å². The number of carbonyl (C=O) groups excluding carboxylic acids is 1. The third-order valence-corrected chi connectivity index (χ3v) is 6.54. The first-order valence-corrected chi connectivity index (χ1v) is 12.2. The number of methoxy groups -OCH3 is 3. The Bertz CT molecular complexity index is 1280. The molecule has 11 heteroatoms. The van der Waals surface area contributed by atoms with Crippen LogP contribution < -0.4 is 29.0 Å². The minimum Gasteiger partial charge on any atom is -0.495 e. The van der Waals surface area contributed by atoms with Crippen LogP contribution >= 0.6 is 11.6 Å². The van der Waals surface area contributed by atoms with Gasteiger partial charge in [0.25, 0.3) is 15.9 Å². The van der Waals surface area contributed by atoms with Crippen LogP contribution in [-0.2, 0) is 21.4 Å². The molecule has 0 unspecified atom stereocenters. The molecular weight excluding hydrogens is 496 g/mol. The minimum absolute atomic E-state index is 0.0229. The van der Waals surface area contributed by atoms with Gasteiger partial charge in [-0.25, -0.2) is 8.42 Å². The van der Waals surface area contributed by atoms with Crippen LogP contribution in [0.3, 0.4) is 0 Å². The molecule has 0 saturated heterocycles. The van der Waals surface area contributed by atoms with Gasteiger partial charge in [0, 0.05) is 6.54 Å². The Labute approximate surface area is 209 Å². The van der Waals surface area contributed by atoms with E-state index in [1.807, 2.05) is 6.07 Å². The summed E-state index contributed by atoms with van der Waals surface area (Å²) in [5, 5.41) is 3.03. The first-order chi connectivity index (χ1) is 16.7. The highest BCUT2D eigenvalue weighted by atomic mass is 35.5. The van der Waals surface area contributed by atoms with Crippen molar-refractivity contribution in [2.24, 2.45) is 0 Å². The van der Waals surface area contributed by atoms with Gasteiger partial charge in [0.1, 0.15) is 11.5 Å². The Hall–Kier alpha value is -3.63. The number of ether oxygens (including phenoxy) is 4. The molecule has 2 N–H and O–H groups in total. The summed E-state index contributed by atoms with van der Waals surface area (Å²) in [4.78, 5) is 12.2. The molecule has 3 aromatic carbocycles. The summed E-state index contributed by atoms with van der Waals surface area (Å²) in [5.41, 5.74) is 1.12. The molecule has 0 aliphatic rings. The first kappa shape index (κ1) is 26.0. The van der Waals surface area contributed by atoms with Crippen LogP contribution in [0.5, 0.6) is 23.0 Å². The van der Waals surface area contributed by atoms with Gasteiger partial charge in [-0.15, -0.1) is 0 Å². The lowest BCUT2D eigenvalue weighted by atomic mass is 10.2. The van der Waals surface area contributed by atoms with Crippen LogP contribution in [0.1, 0.15) is 5.56 Å². The second-order valence-electron chi connectivity index (χ2n) is 7.18. The molecule has 35 heavy (non-hydrogen) atoms. The molecular formula is C24H25ClN2O7S. The molecule has 0 atom stereocenters. The van der Waals surface area contributed by atoms with E-state index in [9.17, 15) is 13.2 Å². The van der Waals surface area contributed by atoms with Crippen LogP contribution in [0.25, 0.3) is 0 Å². The number of sulfonamides is 1. The van der Waals surface area contributed by atoms with E-state index in [0.29, 0.717) is 28.7 Å². The Kier molecular flexibility index (Phi) is 8.67. The SMILES string of the molecule is COc1ccc(NS(=O)(=O)c2ccc(OCC(=O)NCc3ccc(OC)c(OC)c3)cc2)cc1Cl. The number of benzene rings is 3. The number of carbonyl (C=O) groups is 1.